The number of rotatable bonds is 8. The standard InChI is InChI=1S/C12H23NO4/c1-4-5-13(6-7-14)10(15)8-12(2,3)9-11(16)17/h14H,4-9H2,1-3H3,(H,16,17). The summed E-state index contributed by atoms with van der Waals surface area (Å²) in [5.41, 5.74) is -0.551. The molecule has 0 spiro atoms. The van der Waals surface area contributed by atoms with Crippen molar-refractivity contribution in [2.45, 2.75) is 40.0 Å². The van der Waals surface area contributed by atoms with Crippen LogP contribution in [0.25, 0.3) is 0 Å². The van der Waals surface area contributed by atoms with E-state index in [2.05, 4.69) is 0 Å². The molecular weight excluding hydrogens is 222 g/mol. The number of aliphatic carboxylic acids is 1. The molecule has 0 heterocycles. The normalized spacial score (nSPS) is 11.3. The summed E-state index contributed by atoms with van der Waals surface area (Å²) in [6.45, 7) is 6.34. The van der Waals surface area contributed by atoms with Gasteiger partial charge in [0.2, 0.25) is 5.91 Å². The van der Waals surface area contributed by atoms with Crippen LogP contribution in [0.3, 0.4) is 0 Å². The molecule has 0 aromatic rings. The second-order valence-electron chi connectivity index (χ2n) is 5.02. The van der Waals surface area contributed by atoms with Gasteiger partial charge in [-0.3, -0.25) is 9.59 Å². The van der Waals surface area contributed by atoms with E-state index < -0.39 is 11.4 Å². The van der Waals surface area contributed by atoms with Gasteiger partial charge >= 0.3 is 5.97 Å². The van der Waals surface area contributed by atoms with Crippen LogP contribution in [-0.2, 0) is 9.59 Å². The average Bonchev–Trinajstić information content (AvgIpc) is 2.14. The second kappa shape index (κ2) is 7.27. The van der Waals surface area contributed by atoms with E-state index in [9.17, 15) is 9.59 Å². The third-order valence-electron chi connectivity index (χ3n) is 2.48. The van der Waals surface area contributed by atoms with E-state index in [4.69, 9.17) is 10.2 Å². The zero-order valence-electron chi connectivity index (χ0n) is 10.9. The first-order valence-corrected chi connectivity index (χ1v) is 5.93. The number of carboxylic acid groups (broad SMARTS) is 1. The fraction of sp³-hybridized carbons (Fsp3) is 0.833. The monoisotopic (exact) mass is 245 g/mol. The highest BCUT2D eigenvalue weighted by Crippen LogP contribution is 2.25. The molecule has 0 aliphatic carbocycles. The molecule has 0 aliphatic rings. The molecule has 5 nitrogen and oxygen atoms in total. The Hall–Kier alpha value is -1.10. The molecule has 100 valence electrons. The van der Waals surface area contributed by atoms with E-state index in [-0.39, 0.29) is 25.4 Å². The van der Waals surface area contributed by atoms with Crippen LogP contribution >= 0.6 is 0 Å². The summed E-state index contributed by atoms with van der Waals surface area (Å²) in [4.78, 5) is 24.2. The molecular formula is C12H23NO4. The molecule has 17 heavy (non-hydrogen) atoms. The van der Waals surface area contributed by atoms with Crippen molar-refractivity contribution in [3.05, 3.63) is 0 Å². The molecule has 0 unspecified atom stereocenters. The highest BCUT2D eigenvalue weighted by molar-refractivity contribution is 5.78. The predicted octanol–water partition coefficient (Wildman–Crippen LogP) is 1.11. The van der Waals surface area contributed by atoms with Crippen molar-refractivity contribution in [2.75, 3.05) is 19.7 Å². The Bertz CT molecular complexity index is 257. The van der Waals surface area contributed by atoms with E-state index in [0.717, 1.165) is 6.42 Å². The summed E-state index contributed by atoms with van der Waals surface area (Å²) in [6.07, 6.45) is 0.988. The van der Waals surface area contributed by atoms with E-state index in [1.807, 2.05) is 6.92 Å². The maximum Gasteiger partial charge on any atom is 0.303 e. The Balaban J connectivity index is 4.41. The van der Waals surface area contributed by atoms with E-state index in [1.54, 1.807) is 18.7 Å². The third kappa shape index (κ3) is 6.94. The van der Waals surface area contributed by atoms with Crippen molar-refractivity contribution in [2.24, 2.45) is 5.41 Å². The van der Waals surface area contributed by atoms with Crippen molar-refractivity contribution in [3.63, 3.8) is 0 Å². The largest absolute Gasteiger partial charge is 0.481 e. The van der Waals surface area contributed by atoms with Crippen LogP contribution in [0.1, 0.15) is 40.0 Å². The molecule has 0 atom stereocenters. The highest BCUT2D eigenvalue weighted by atomic mass is 16.4. The summed E-state index contributed by atoms with van der Waals surface area (Å²) in [6, 6.07) is 0. The number of hydrogen-bond donors (Lipinski definition) is 2. The number of aliphatic hydroxyl groups excluding tert-OH is 1. The van der Waals surface area contributed by atoms with Gasteiger partial charge in [-0.1, -0.05) is 20.8 Å². The van der Waals surface area contributed by atoms with E-state index in [0.29, 0.717) is 13.1 Å². The van der Waals surface area contributed by atoms with Crippen LogP contribution in [0.15, 0.2) is 0 Å². The SMILES string of the molecule is CCCN(CCO)C(=O)CC(C)(C)CC(=O)O. The molecule has 0 saturated heterocycles. The van der Waals surface area contributed by atoms with Gasteiger partial charge < -0.3 is 15.1 Å². The van der Waals surface area contributed by atoms with Crippen molar-refractivity contribution in [1.29, 1.82) is 0 Å². The number of hydrogen-bond acceptors (Lipinski definition) is 3. The Morgan fingerprint density at radius 3 is 2.18 bits per heavy atom. The van der Waals surface area contributed by atoms with E-state index in [1.165, 1.54) is 0 Å². The van der Waals surface area contributed by atoms with Crippen molar-refractivity contribution >= 4 is 11.9 Å². The number of amides is 1. The van der Waals surface area contributed by atoms with Crippen LogP contribution < -0.4 is 0 Å². The fourth-order valence-electron chi connectivity index (χ4n) is 1.74. The molecule has 2 N–H and O–H groups in total. The molecule has 0 fully saturated rings. The van der Waals surface area contributed by atoms with Gasteiger partial charge in [0.25, 0.3) is 0 Å². The quantitative estimate of drug-likeness (QED) is 0.671. The first kappa shape index (κ1) is 15.9. The number of carbonyl (C=O) groups excluding carboxylic acids is 1. The molecule has 5 heteroatoms. The minimum Gasteiger partial charge on any atom is -0.481 e. The lowest BCUT2D eigenvalue weighted by atomic mass is 9.85. The van der Waals surface area contributed by atoms with Gasteiger partial charge in [0, 0.05) is 19.5 Å². The maximum atomic E-state index is 11.9. The van der Waals surface area contributed by atoms with Crippen molar-refractivity contribution < 1.29 is 19.8 Å². The van der Waals surface area contributed by atoms with Crippen LogP contribution in [-0.4, -0.2) is 46.7 Å². The molecule has 0 aromatic heterocycles. The molecule has 0 bridgehead atoms. The summed E-state index contributed by atoms with van der Waals surface area (Å²) in [7, 11) is 0. The summed E-state index contributed by atoms with van der Waals surface area (Å²) in [5.74, 6) is -0.987. The van der Waals surface area contributed by atoms with Crippen LogP contribution in [0.5, 0.6) is 0 Å². The minimum atomic E-state index is -0.896. The Kier molecular flexibility index (Phi) is 6.80. The van der Waals surface area contributed by atoms with Gasteiger partial charge in [0.15, 0.2) is 0 Å². The predicted molar refractivity (Wildman–Crippen MR) is 64.6 cm³/mol. The minimum absolute atomic E-state index is 0.0299. The van der Waals surface area contributed by atoms with Gasteiger partial charge in [0.05, 0.1) is 13.0 Å². The maximum absolute atomic E-state index is 11.9. The topological polar surface area (TPSA) is 77.8 Å². The van der Waals surface area contributed by atoms with Crippen LogP contribution in [0.2, 0.25) is 0 Å². The third-order valence-corrected chi connectivity index (χ3v) is 2.48. The van der Waals surface area contributed by atoms with Gasteiger partial charge in [-0.15, -0.1) is 0 Å². The van der Waals surface area contributed by atoms with Gasteiger partial charge in [-0.05, 0) is 11.8 Å². The molecule has 1 amide bonds. The molecule has 0 aromatic carbocycles. The number of carboxylic acids is 1. The average molecular weight is 245 g/mol. The van der Waals surface area contributed by atoms with Crippen molar-refractivity contribution in [3.8, 4) is 0 Å². The molecule has 0 aliphatic heterocycles. The lowest BCUT2D eigenvalue weighted by molar-refractivity contribution is -0.140. The lowest BCUT2D eigenvalue weighted by Gasteiger charge is -2.27. The zero-order chi connectivity index (χ0) is 13.5. The van der Waals surface area contributed by atoms with Crippen LogP contribution in [0, 0.1) is 5.41 Å². The smallest absolute Gasteiger partial charge is 0.303 e. The van der Waals surface area contributed by atoms with Gasteiger partial charge in [-0.2, -0.15) is 0 Å². The lowest BCUT2D eigenvalue weighted by Crippen LogP contribution is -2.37. The van der Waals surface area contributed by atoms with Gasteiger partial charge in [-0.25, -0.2) is 0 Å². The summed E-state index contributed by atoms with van der Waals surface area (Å²) in [5, 5.41) is 17.6. The molecule has 0 radical (unpaired) electrons. The first-order chi connectivity index (χ1) is 7.82. The Labute approximate surface area is 102 Å². The first-order valence-electron chi connectivity index (χ1n) is 5.93. The summed E-state index contributed by atoms with van der Waals surface area (Å²) >= 11 is 0. The highest BCUT2D eigenvalue weighted by Gasteiger charge is 2.27. The second-order valence-corrected chi connectivity index (χ2v) is 5.02. The number of carbonyl (C=O) groups is 2. The van der Waals surface area contributed by atoms with E-state index >= 15 is 0 Å². The Morgan fingerprint density at radius 2 is 1.76 bits per heavy atom. The summed E-state index contributed by atoms with van der Waals surface area (Å²) < 4.78 is 0. The number of nitrogens with zero attached hydrogens (tertiary/aromatic N) is 1. The zero-order valence-corrected chi connectivity index (χ0v) is 10.9. The molecule has 0 rings (SSSR count). The number of aliphatic hydroxyl groups is 1. The Morgan fingerprint density at radius 1 is 1.18 bits per heavy atom. The van der Waals surface area contributed by atoms with Crippen LogP contribution in [0.4, 0.5) is 0 Å². The van der Waals surface area contributed by atoms with Crippen molar-refractivity contribution in [1.82, 2.24) is 4.90 Å². The van der Waals surface area contributed by atoms with Gasteiger partial charge in [0.1, 0.15) is 0 Å². The molecule has 0 saturated carbocycles. The fourth-order valence-corrected chi connectivity index (χ4v) is 1.74.